The van der Waals surface area contributed by atoms with Gasteiger partial charge in [-0.15, -0.1) is 0 Å². The van der Waals surface area contributed by atoms with E-state index in [-0.39, 0.29) is 0 Å². The Morgan fingerprint density at radius 3 is 2.53 bits per heavy atom. The first-order valence-electron chi connectivity index (χ1n) is 7.79. The van der Waals surface area contributed by atoms with Crippen LogP contribution in [0.2, 0.25) is 0 Å². The van der Waals surface area contributed by atoms with E-state index >= 15 is 0 Å². The standard InChI is InChI=1S/C15H28N2/c16-15-6-5-12(9-15)10-17-8-7-13-3-1-2-4-14(13)11-17/h12-15H,1-11,16H2. The van der Waals surface area contributed by atoms with Gasteiger partial charge in [-0.3, -0.25) is 0 Å². The van der Waals surface area contributed by atoms with Gasteiger partial charge in [0.15, 0.2) is 0 Å². The molecule has 0 aromatic carbocycles. The molecule has 98 valence electrons. The summed E-state index contributed by atoms with van der Waals surface area (Å²) in [7, 11) is 0. The molecule has 1 aliphatic heterocycles. The highest BCUT2D eigenvalue weighted by Gasteiger charge is 2.32. The lowest BCUT2D eigenvalue weighted by Gasteiger charge is -2.42. The van der Waals surface area contributed by atoms with Gasteiger partial charge < -0.3 is 10.6 Å². The zero-order valence-corrected chi connectivity index (χ0v) is 11.1. The summed E-state index contributed by atoms with van der Waals surface area (Å²) in [5.41, 5.74) is 6.02. The molecule has 2 aliphatic carbocycles. The lowest BCUT2D eigenvalue weighted by Crippen LogP contribution is -2.43. The number of nitrogens with two attached hydrogens (primary N) is 1. The predicted octanol–water partition coefficient (Wildman–Crippen LogP) is 2.63. The fraction of sp³-hybridized carbons (Fsp3) is 1.00. The lowest BCUT2D eigenvalue weighted by atomic mass is 9.75. The van der Waals surface area contributed by atoms with Crippen LogP contribution in [0, 0.1) is 17.8 Å². The van der Waals surface area contributed by atoms with Gasteiger partial charge in [-0.05, 0) is 56.4 Å². The molecule has 0 bridgehead atoms. The molecule has 1 heterocycles. The highest BCUT2D eigenvalue weighted by molar-refractivity contribution is 4.86. The molecule has 3 aliphatic rings. The molecule has 3 fully saturated rings. The van der Waals surface area contributed by atoms with Crippen molar-refractivity contribution in [2.24, 2.45) is 23.5 Å². The van der Waals surface area contributed by atoms with E-state index in [0.29, 0.717) is 6.04 Å². The highest BCUT2D eigenvalue weighted by Crippen LogP contribution is 2.37. The van der Waals surface area contributed by atoms with Crippen LogP contribution in [0.4, 0.5) is 0 Å². The highest BCUT2D eigenvalue weighted by atomic mass is 15.1. The first kappa shape index (κ1) is 12.0. The van der Waals surface area contributed by atoms with Crippen LogP contribution in [0.1, 0.15) is 51.4 Å². The third-order valence-electron chi connectivity index (χ3n) is 5.47. The van der Waals surface area contributed by atoms with E-state index in [0.717, 1.165) is 17.8 Å². The fourth-order valence-corrected chi connectivity index (χ4v) is 4.49. The Hall–Kier alpha value is -0.0800. The van der Waals surface area contributed by atoms with E-state index in [1.165, 1.54) is 71.0 Å². The van der Waals surface area contributed by atoms with Crippen molar-refractivity contribution in [3.05, 3.63) is 0 Å². The van der Waals surface area contributed by atoms with E-state index in [2.05, 4.69) is 4.90 Å². The maximum Gasteiger partial charge on any atom is 0.00420 e. The molecule has 2 heteroatoms. The van der Waals surface area contributed by atoms with Crippen LogP contribution in [-0.2, 0) is 0 Å². The summed E-state index contributed by atoms with van der Waals surface area (Å²) in [4.78, 5) is 2.76. The third-order valence-corrected chi connectivity index (χ3v) is 5.47. The van der Waals surface area contributed by atoms with Crippen LogP contribution in [0.5, 0.6) is 0 Å². The quantitative estimate of drug-likeness (QED) is 0.798. The Labute approximate surface area is 106 Å². The summed E-state index contributed by atoms with van der Waals surface area (Å²) in [5, 5.41) is 0. The van der Waals surface area contributed by atoms with Crippen LogP contribution >= 0.6 is 0 Å². The number of nitrogens with zero attached hydrogens (tertiary/aromatic N) is 1. The SMILES string of the molecule is NC1CCC(CN2CCC3CCCCC3C2)C1. The summed E-state index contributed by atoms with van der Waals surface area (Å²) in [6, 6.07) is 0.507. The molecule has 0 spiro atoms. The molecule has 4 unspecified atom stereocenters. The van der Waals surface area contributed by atoms with Gasteiger partial charge in [0.1, 0.15) is 0 Å². The van der Waals surface area contributed by atoms with Crippen LogP contribution in [0.15, 0.2) is 0 Å². The second-order valence-corrected chi connectivity index (χ2v) is 6.79. The van der Waals surface area contributed by atoms with Gasteiger partial charge in [0, 0.05) is 19.1 Å². The molecule has 0 radical (unpaired) electrons. The van der Waals surface area contributed by atoms with Crippen LogP contribution in [0.25, 0.3) is 0 Å². The van der Waals surface area contributed by atoms with Gasteiger partial charge in [0.25, 0.3) is 0 Å². The van der Waals surface area contributed by atoms with Crippen molar-refractivity contribution in [1.82, 2.24) is 4.90 Å². The molecule has 4 atom stereocenters. The van der Waals surface area contributed by atoms with Crippen molar-refractivity contribution >= 4 is 0 Å². The average Bonchev–Trinajstić information content (AvgIpc) is 2.75. The molecular formula is C15H28N2. The Kier molecular flexibility index (Phi) is 3.72. The van der Waals surface area contributed by atoms with E-state index in [1.807, 2.05) is 0 Å². The van der Waals surface area contributed by atoms with Crippen LogP contribution < -0.4 is 5.73 Å². The maximum absolute atomic E-state index is 6.02. The molecule has 2 saturated carbocycles. The maximum atomic E-state index is 6.02. The molecule has 0 amide bonds. The van der Waals surface area contributed by atoms with Gasteiger partial charge >= 0.3 is 0 Å². The molecule has 0 aromatic heterocycles. The zero-order chi connectivity index (χ0) is 11.7. The van der Waals surface area contributed by atoms with Crippen molar-refractivity contribution < 1.29 is 0 Å². The van der Waals surface area contributed by atoms with Crippen molar-refractivity contribution in [1.29, 1.82) is 0 Å². The monoisotopic (exact) mass is 236 g/mol. The Bertz CT molecular complexity index is 251. The smallest absolute Gasteiger partial charge is 0.00420 e. The summed E-state index contributed by atoms with van der Waals surface area (Å²) < 4.78 is 0. The first-order chi connectivity index (χ1) is 8.31. The van der Waals surface area contributed by atoms with E-state index in [4.69, 9.17) is 5.73 Å². The predicted molar refractivity (Wildman–Crippen MR) is 71.8 cm³/mol. The average molecular weight is 236 g/mol. The number of rotatable bonds is 2. The van der Waals surface area contributed by atoms with Gasteiger partial charge in [-0.25, -0.2) is 0 Å². The summed E-state index contributed by atoms with van der Waals surface area (Å²) >= 11 is 0. The number of likely N-dealkylation sites (tertiary alicyclic amines) is 1. The Balaban J connectivity index is 1.48. The van der Waals surface area contributed by atoms with Crippen molar-refractivity contribution in [3.63, 3.8) is 0 Å². The van der Waals surface area contributed by atoms with Crippen LogP contribution in [-0.4, -0.2) is 30.6 Å². The molecular weight excluding hydrogens is 208 g/mol. The van der Waals surface area contributed by atoms with Gasteiger partial charge in [-0.2, -0.15) is 0 Å². The summed E-state index contributed by atoms with van der Waals surface area (Å²) in [6.45, 7) is 4.11. The van der Waals surface area contributed by atoms with Crippen LogP contribution in [0.3, 0.4) is 0 Å². The molecule has 0 aromatic rings. The Morgan fingerprint density at radius 1 is 0.941 bits per heavy atom. The third kappa shape index (κ3) is 2.85. The molecule has 2 N–H and O–H groups in total. The van der Waals surface area contributed by atoms with Gasteiger partial charge in [0.05, 0.1) is 0 Å². The van der Waals surface area contributed by atoms with E-state index in [1.54, 1.807) is 0 Å². The Morgan fingerprint density at radius 2 is 1.76 bits per heavy atom. The first-order valence-corrected chi connectivity index (χ1v) is 7.79. The minimum Gasteiger partial charge on any atom is -0.328 e. The number of hydrogen-bond donors (Lipinski definition) is 1. The van der Waals surface area contributed by atoms with Crippen molar-refractivity contribution in [2.45, 2.75) is 57.4 Å². The minimum absolute atomic E-state index is 0.507. The number of hydrogen-bond acceptors (Lipinski definition) is 2. The molecule has 1 saturated heterocycles. The zero-order valence-electron chi connectivity index (χ0n) is 11.1. The van der Waals surface area contributed by atoms with Crippen molar-refractivity contribution in [3.8, 4) is 0 Å². The van der Waals surface area contributed by atoms with Crippen molar-refractivity contribution in [2.75, 3.05) is 19.6 Å². The second kappa shape index (κ2) is 5.27. The number of fused-ring (bicyclic) bond motifs is 1. The molecule has 3 rings (SSSR count). The minimum atomic E-state index is 0.507. The van der Waals surface area contributed by atoms with Gasteiger partial charge in [0.2, 0.25) is 0 Å². The topological polar surface area (TPSA) is 29.3 Å². The molecule has 17 heavy (non-hydrogen) atoms. The lowest BCUT2D eigenvalue weighted by molar-refractivity contribution is 0.0760. The normalized spacial score (nSPS) is 43.6. The summed E-state index contributed by atoms with van der Waals surface area (Å²) in [6.07, 6.45) is 11.4. The fourth-order valence-electron chi connectivity index (χ4n) is 4.49. The van der Waals surface area contributed by atoms with E-state index < -0.39 is 0 Å². The largest absolute Gasteiger partial charge is 0.328 e. The number of piperidine rings is 1. The van der Waals surface area contributed by atoms with Gasteiger partial charge in [-0.1, -0.05) is 19.3 Å². The summed E-state index contributed by atoms with van der Waals surface area (Å²) in [5.74, 6) is 3.02. The molecule has 2 nitrogen and oxygen atoms in total. The second-order valence-electron chi connectivity index (χ2n) is 6.79. The van der Waals surface area contributed by atoms with E-state index in [9.17, 15) is 0 Å².